The van der Waals surface area contributed by atoms with Crippen LogP contribution in [0.1, 0.15) is 16.8 Å². The van der Waals surface area contributed by atoms with Crippen molar-refractivity contribution in [2.45, 2.75) is 6.42 Å². The molecule has 1 amide bonds. The Kier molecular flexibility index (Phi) is 2.00. The second-order valence-electron chi connectivity index (χ2n) is 3.07. The molecule has 1 heterocycles. The molecule has 1 radical (unpaired) electrons. The SMILES string of the molecule is O=C(c1cc[c]c(F)c1)N1CCC1. The van der Waals surface area contributed by atoms with Gasteiger partial charge in [0.25, 0.3) is 5.91 Å². The second-order valence-corrected chi connectivity index (χ2v) is 3.07. The molecule has 1 aromatic rings. The summed E-state index contributed by atoms with van der Waals surface area (Å²) >= 11 is 0. The minimum absolute atomic E-state index is 0.0841. The van der Waals surface area contributed by atoms with Crippen molar-refractivity contribution in [3.8, 4) is 0 Å². The Morgan fingerprint density at radius 3 is 2.85 bits per heavy atom. The summed E-state index contributed by atoms with van der Waals surface area (Å²) in [7, 11) is 0. The van der Waals surface area contributed by atoms with E-state index in [1.165, 1.54) is 12.1 Å². The largest absolute Gasteiger partial charge is 0.339 e. The standard InChI is InChI=1S/C10H9FNO/c11-9-4-1-3-8(7-9)10(13)12-5-2-6-12/h1,3,7H,2,5-6H2. The zero-order chi connectivity index (χ0) is 9.26. The van der Waals surface area contributed by atoms with Crippen LogP contribution in [0.5, 0.6) is 0 Å². The molecular formula is C10H9FNO. The minimum Gasteiger partial charge on any atom is -0.339 e. The van der Waals surface area contributed by atoms with E-state index in [-0.39, 0.29) is 5.91 Å². The van der Waals surface area contributed by atoms with Gasteiger partial charge in [-0.2, -0.15) is 0 Å². The van der Waals surface area contributed by atoms with Crippen molar-refractivity contribution in [1.82, 2.24) is 4.90 Å². The van der Waals surface area contributed by atoms with E-state index < -0.39 is 5.82 Å². The first kappa shape index (κ1) is 8.23. The normalized spacial score (nSPS) is 15.3. The maximum Gasteiger partial charge on any atom is 0.253 e. The van der Waals surface area contributed by atoms with Gasteiger partial charge in [-0.3, -0.25) is 4.79 Å². The molecule has 13 heavy (non-hydrogen) atoms. The van der Waals surface area contributed by atoms with Crippen LogP contribution >= 0.6 is 0 Å². The molecule has 0 bridgehead atoms. The molecule has 1 aromatic carbocycles. The van der Waals surface area contributed by atoms with Gasteiger partial charge in [-0.15, -0.1) is 0 Å². The number of amides is 1. The Hall–Kier alpha value is -1.38. The first-order valence-corrected chi connectivity index (χ1v) is 4.24. The molecule has 3 heteroatoms. The van der Waals surface area contributed by atoms with Gasteiger partial charge in [0.15, 0.2) is 0 Å². The van der Waals surface area contributed by atoms with Crippen molar-refractivity contribution in [3.63, 3.8) is 0 Å². The summed E-state index contributed by atoms with van der Waals surface area (Å²) in [6.45, 7) is 1.58. The van der Waals surface area contributed by atoms with Gasteiger partial charge in [-0.25, -0.2) is 4.39 Å². The molecule has 0 N–H and O–H groups in total. The Bertz CT molecular complexity index is 333. The number of carbonyl (C=O) groups excluding carboxylic acids is 1. The van der Waals surface area contributed by atoms with Crippen LogP contribution in [0, 0.1) is 11.9 Å². The number of carbonyl (C=O) groups is 1. The lowest BCUT2D eigenvalue weighted by Gasteiger charge is -2.30. The summed E-state index contributed by atoms with van der Waals surface area (Å²) < 4.78 is 12.7. The first-order valence-electron chi connectivity index (χ1n) is 4.24. The Balaban J connectivity index is 2.19. The lowest BCUT2D eigenvalue weighted by Crippen LogP contribution is -2.42. The second kappa shape index (κ2) is 3.17. The van der Waals surface area contributed by atoms with Crippen molar-refractivity contribution >= 4 is 5.91 Å². The van der Waals surface area contributed by atoms with Gasteiger partial charge in [0.05, 0.1) is 0 Å². The molecule has 1 aliphatic heterocycles. The topological polar surface area (TPSA) is 20.3 Å². The van der Waals surface area contributed by atoms with Gasteiger partial charge >= 0.3 is 0 Å². The van der Waals surface area contributed by atoms with Crippen molar-refractivity contribution in [1.29, 1.82) is 0 Å². The smallest absolute Gasteiger partial charge is 0.253 e. The highest BCUT2D eigenvalue weighted by atomic mass is 19.1. The number of likely N-dealkylation sites (tertiary alicyclic amines) is 1. The highest BCUT2D eigenvalue weighted by Gasteiger charge is 2.21. The summed E-state index contributed by atoms with van der Waals surface area (Å²) in [6, 6.07) is 6.61. The monoisotopic (exact) mass is 178 g/mol. The van der Waals surface area contributed by atoms with E-state index in [0.717, 1.165) is 19.5 Å². The molecule has 1 aliphatic rings. The summed E-state index contributed by atoms with van der Waals surface area (Å²) in [4.78, 5) is 13.2. The lowest BCUT2D eigenvalue weighted by atomic mass is 10.1. The zero-order valence-electron chi connectivity index (χ0n) is 7.09. The number of nitrogens with zero attached hydrogens (tertiary/aromatic N) is 1. The molecule has 0 spiro atoms. The predicted molar refractivity (Wildman–Crippen MR) is 45.8 cm³/mol. The Labute approximate surface area is 76.0 Å². The molecule has 2 rings (SSSR count). The van der Waals surface area contributed by atoms with Gasteiger partial charge in [0, 0.05) is 24.7 Å². The lowest BCUT2D eigenvalue weighted by molar-refractivity contribution is 0.0651. The van der Waals surface area contributed by atoms with E-state index in [1.807, 2.05) is 0 Å². The zero-order valence-corrected chi connectivity index (χ0v) is 7.09. The van der Waals surface area contributed by atoms with Crippen molar-refractivity contribution < 1.29 is 9.18 Å². The Morgan fingerprint density at radius 2 is 2.31 bits per heavy atom. The van der Waals surface area contributed by atoms with Crippen LogP contribution in [0.2, 0.25) is 0 Å². The fraction of sp³-hybridized carbons (Fsp3) is 0.300. The molecule has 0 unspecified atom stereocenters. The molecule has 0 atom stereocenters. The third-order valence-corrected chi connectivity index (χ3v) is 2.16. The van der Waals surface area contributed by atoms with Crippen LogP contribution < -0.4 is 0 Å². The highest BCUT2D eigenvalue weighted by Crippen LogP contribution is 2.12. The van der Waals surface area contributed by atoms with E-state index in [0.29, 0.717) is 5.56 Å². The molecule has 1 fully saturated rings. The van der Waals surface area contributed by atoms with Crippen LogP contribution in [0.4, 0.5) is 4.39 Å². The molecule has 2 nitrogen and oxygen atoms in total. The quantitative estimate of drug-likeness (QED) is 0.637. The number of benzene rings is 1. The van der Waals surface area contributed by atoms with E-state index in [9.17, 15) is 9.18 Å². The van der Waals surface area contributed by atoms with E-state index in [1.54, 1.807) is 11.0 Å². The minimum atomic E-state index is -0.480. The van der Waals surface area contributed by atoms with Crippen molar-refractivity contribution in [3.05, 3.63) is 35.6 Å². The molecule has 0 aliphatic carbocycles. The molecule has 67 valence electrons. The van der Waals surface area contributed by atoms with Crippen LogP contribution in [0.3, 0.4) is 0 Å². The fourth-order valence-electron chi connectivity index (χ4n) is 1.27. The molecule has 0 saturated carbocycles. The van der Waals surface area contributed by atoms with Crippen LogP contribution in [0.25, 0.3) is 0 Å². The number of halogens is 1. The average molecular weight is 178 g/mol. The van der Waals surface area contributed by atoms with Gasteiger partial charge in [-0.05, 0) is 18.6 Å². The summed E-state index contributed by atoms with van der Waals surface area (Å²) in [5.41, 5.74) is 0.413. The van der Waals surface area contributed by atoms with E-state index in [4.69, 9.17) is 0 Å². The predicted octanol–water partition coefficient (Wildman–Crippen LogP) is 1.47. The maximum absolute atomic E-state index is 12.7. The number of hydrogen-bond acceptors (Lipinski definition) is 1. The summed E-state index contributed by atoms with van der Waals surface area (Å²) in [5.74, 6) is -0.564. The maximum atomic E-state index is 12.7. The van der Waals surface area contributed by atoms with Crippen LogP contribution in [0.15, 0.2) is 18.2 Å². The highest BCUT2D eigenvalue weighted by molar-refractivity contribution is 5.94. The van der Waals surface area contributed by atoms with Gasteiger partial charge in [-0.1, -0.05) is 6.07 Å². The number of hydrogen-bond donors (Lipinski definition) is 0. The van der Waals surface area contributed by atoms with Gasteiger partial charge in [0.1, 0.15) is 5.82 Å². The first-order chi connectivity index (χ1) is 6.27. The molecule has 1 saturated heterocycles. The third kappa shape index (κ3) is 1.54. The van der Waals surface area contributed by atoms with Crippen LogP contribution in [-0.2, 0) is 0 Å². The third-order valence-electron chi connectivity index (χ3n) is 2.16. The van der Waals surface area contributed by atoms with Gasteiger partial charge < -0.3 is 4.90 Å². The van der Waals surface area contributed by atoms with Crippen molar-refractivity contribution in [2.24, 2.45) is 0 Å². The Morgan fingerprint density at radius 1 is 1.54 bits per heavy atom. The van der Waals surface area contributed by atoms with Crippen LogP contribution in [-0.4, -0.2) is 23.9 Å². The summed E-state index contributed by atoms with van der Waals surface area (Å²) in [5, 5.41) is 0. The average Bonchev–Trinajstić information content (AvgIpc) is 2.01. The fourth-order valence-corrected chi connectivity index (χ4v) is 1.27. The van der Waals surface area contributed by atoms with Crippen molar-refractivity contribution in [2.75, 3.05) is 13.1 Å². The number of rotatable bonds is 1. The van der Waals surface area contributed by atoms with Gasteiger partial charge in [0.2, 0.25) is 0 Å². The molecular weight excluding hydrogens is 169 g/mol. The van der Waals surface area contributed by atoms with E-state index >= 15 is 0 Å². The molecule has 0 aromatic heterocycles. The van der Waals surface area contributed by atoms with E-state index in [2.05, 4.69) is 6.07 Å². The summed E-state index contributed by atoms with van der Waals surface area (Å²) in [6.07, 6.45) is 1.05.